The number of rotatable bonds is 3. The van der Waals surface area contributed by atoms with Crippen LogP contribution >= 0.6 is 0 Å². The molecule has 74 valence electrons. The summed E-state index contributed by atoms with van der Waals surface area (Å²) in [4.78, 5) is 10.9. The van der Waals surface area contributed by atoms with Gasteiger partial charge >= 0.3 is 6.03 Å². The van der Waals surface area contributed by atoms with E-state index in [9.17, 15) is 13.6 Å². The lowest BCUT2D eigenvalue weighted by atomic mass is 10.1. The van der Waals surface area contributed by atoms with E-state index in [0.29, 0.717) is 0 Å². The SMILES string of the molecule is C#CCNC(=O)NC(C)(C)C(F)F. The summed E-state index contributed by atoms with van der Waals surface area (Å²) in [6, 6.07) is -0.691. The van der Waals surface area contributed by atoms with E-state index in [1.165, 1.54) is 13.8 Å². The maximum atomic E-state index is 12.2. The Hall–Kier alpha value is -1.31. The standard InChI is InChI=1S/C8H12F2N2O/c1-4-5-11-7(13)12-8(2,3)6(9)10/h1,6H,5H2,2-3H3,(H2,11,12,13). The quantitative estimate of drug-likeness (QED) is 0.639. The fourth-order valence-electron chi connectivity index (χ4n) is 0.523. The maximum absolute atomic E-state index is 12.2. The molecule has 2 amide bonds. The first-order chi connectivity index (χ1) is 5.90. The monoisotopic (exact) mass is 190 g/mol. The molecular formula is C8H12F2N2O. The molecule has 0 aliphatic carbocycles. The number of urea groups is 1. The molecule has 0 aromatic carbocycles. The summed E-state index contributed by atoms with van der Waals surface area (Å²) in [5.41, 5.74) is -1.54. The first-order valence-electron chi connectivity index (χ1n) is 3.68. The zero-order valence-corrected chi connectivity index (χ0v) is 7.53. The Morgan fingerprint density at radius 2 is 2.15 bits per heavy atom. The molecule has 0 aliphatic heterocycles. The summed E-state index contributed by atoms with van der Waals surface area (Å²) in [5.74, 6) is 2.15. The van der Waals surface area contributed by atoms with Crippen LogP contribution in [0.1, 0.15) is 13.8 Å². The number of carbonyl (C=O) groups is 1. The number of halogens is 2. The lowest BCUT2D eigenvalue weighted by Crippen LogP contribution is -2.52. The van der Waals surface area contributed by atoms with Crippen molar-refractivity contribution in [3.05, 3.63) is 0 Å². The van der Waals surface area contributed by atoms with Gasteiger partial charge in [-0.15, -0.1) is 6.42 Å². The molecule has 3 nitrogen and oxygen atoms in total. The molecule has 0 aromatic heterocycles. The third-order valence-electron chi connectivity index (χ3n) is 1.33. The molecule has 0 fully saturated rings. The first-order valence-corrected chi connectivity index (χ1v) is 3.68. The summed E-state index contributed by atoms with van der Waals surface area (Å²) in [6.45, 7) is 2.48. The van der Waals surface area contributed by atoms with Gasteiger partial charge in [-0.3, -0.25) is 0 Å². The van der Waals surface area contributed by atoms with Gasteiger partial charge < -0.3 is 10.6 Å². The van der Waals surface area contributed by atoms with Gasteiger partial charge in [0.2, 0.25) is 0 Å². The third kappa shape index (κ3) is 4.31. The van der Waals surface area contributed by atoms with Crippen molar-refractivity contribution < 1.29 is 13.6 Å². The van der Waals surface area contributed by atoms with Crippen LogP contribution in [0.3, 0.4) is 0 Å². The summed E-state index contributed by atoms with van der Waals surface area (Å²) >= 11 is 0. The highest BCUT2D eigenvalue weighted by Gasteiger charge is 2.30. The van der Waals surface area contributed by atoms with Crippen molar-refractivity contribution in [2.75, 3.05) is 6.54 Å². The normalized spacial score (nSPS) is 10.8. The fourth-order valence-corrected chi connectivity index (χ4v) is 0.523. The molecular weight excluding hydrogens is 178 g/mol. The van der Waals surface area contributed by atoms with E-state index in [1.54, 1.807) is 0 Å². The van der Waals surface area contributed by atoms with Crippen LogP contribution < -0.4 is 10.6 Å². The molecule has 0 bridgehead atoms. The Labute approximate surface area is 75.9 Å². The number of hydrogen-bond donors (Lipinski definition) is 2. The second kappa shape index (κ2) is 4.65. The highest BCUT2D eigenvalue weighted by atomic mass is 19.3. The van der Waals surface area contributed by atoms with E-state index >= 15 is 0 Å². The minimum absolute atomic E-state index is 0.0190. The van der Waals surface area contributed by atoms with Crippen LogP contribution in [0.4, 0.5) is 13.6 Å². The molecule has 0 saturated carbocycles. The number of terminal acetylenes is 1. The zero-order valence-electron chi connectivity index (χ0n) is 7.53. The summed E-state index contributed by atoms with van der Waals surface area (Å²) in [7, 11) is 0. The second-order valence-electron chi connectivity index (χ2n) is 3.03. The van der Waals surface area contributed by atoms with E-state index < -0.39 is 18.0 Å². The minimum Gasteiger partial charge on any atom is -0.328 e. The fraction of sp³-hybridized carbons (Fsp3) is 0.625. The van der Waals surface area contributed by atoms with Gasteiger partial charge in [-0.2, -0.15) is 0 Å². The number of carbonyl (C=O) groups excluding carboxylic acids is 1. The van der Waals surface area contributed by atoms with E-state index in [4.69, 9.17) is 6.42 Å². The van der Waals surface area contributed by atoms with Crippen LogP contribution in [-0.4, -0.2) is 24.5 Å². The number of amides is 2. The average molecular weight is 190 g/mol. The molecule has 0 aliphatic rings. The summed E-state index contributed by atoms with van der Waals surface area (Å²) in [6.07, 6.45) is 2.24. The van der Waals surface area contributed by atoms with Crippen LogP contribution in [0.2, 0.25) is 0 Å². The lowest BCUT2D eigenvalue weighted by molar-refractivity contribution is 0.0568. The van der Waals surface area contributed by atoms with Gasteiger partial charge in [0.15, 0.2) is 0 Å². The van der Waals surface area contributed by atoms with E-state index in [2.05, 4.69) is 16.6 Å². The molecule has 0 atom stereocenters. The smallest absolute Gasteiger partial charge is 0.316 e. The van der Waals surface area contributed by atoms with E-state index in [1.807, 2.05) is 0 Å². The van der Waals surface area contributed by atoms with Crippen molar-refractivity contribution in [3.8, 4) is 12.3 Å². The largest absolute Gasteiger partial charge is 0.328 e. The van der Waals surface area contributed by atoms with E-state index in [0.717, 1.165) is 0 Å². The first kappa shape index (κ1) is 11.7. The number of alkyl halides is 2. The Bertz CT molecular complexity index is 221. The van der Waals surface area contributed by atoms with Gasteiger partial charge in [-0.25, -0.2) is 13.6 Å². The van der Waals surface area contributed by atoms with Gasteiger partial charge in [0, 0.05) is 0 Å². The number of nitrogens with one attached hydrogen (secondary N) is 2. The molecule has 5 heteroatoms. The maximum Gasteiger partial charge on any atom is 0.316 e. The van der Waals surface area contributed by atoms with Crippen molar-refractivity contribution in [1.29, 1.82) is 0 Å². The van der Waals surface area contributed by atoms with Gasteiger partial charge in [0.1, 0.15) is 0 Å². The Morgan fingerprint density at radius 3 is 2.54 bits per heavy atom. The van der Waals surface area contributed by atoms with Crippen molar-refractivity contribution in [1.82, 2.24) is 10.6 Å². The van der Waals surface area contributed by atoms with Crippen LogP contribution in [-0.2, 0) is 0 Å². The molecule has 0 unspecified atom stereocenters. The predicted molar refractivity (Wildman–Crippen MR) is 45.5 cm³/mol. The van der Waals surface area contributed by atoms with Gasteiger partial charge in [0.25, 0.3) is 6.43 Å². The topological polar surface area (TPSA) is 41.1 Å². The van der Waals surface area contributed by atoms with Crippen molar-refractivity contribution >= 4 is 6.03 Å². The van der Waals surface area contributed by atoms with Crippen molar-refractivity contribution in [2.24, 2.45) is 0 Å². The van der Waals surface area contributed by atoms with Crippen LogP contribution in [0.15, 0.2) is 0 Å². The molecule has 0 aromatic rings. The van der Waals surface area contributed by atoms with Crippen molar-refractivity contribution in [2.45, 2.75) is 25.8 Å². The number of hydrogen-bond acceptors (Lipinski definition) is 1. The lowest BCUT2D eigenvalue weighted by Gasteiger charge is -2.24. The third-order valence-corrected chi connectivity index (χ3v) is 1.33. The van der Waals surface area contributed by atoms with E-state index in [-0.39, 0.29) is 6.54 Å². The molecule has 0 rings (SSSR count). The molecule has 0 saturated heterocycles. The molecule has 2 N–H and O–H groups in total. The molecule has 0 radical (unpaired) electrons. The second-order valence-corrected chi connectivity index (χ2v) is 3.03. The highest BCUT2D eigenvalue weighted by Crippen LogP contribution is 2.13. The minimum atomic E-state index is -2.62. The molecule has 0 heterocycles. The van der Waals surface area contributed by atoms with Crippen LogP contribution in [0.5, 0.6) is 0 Å². The van der Waals surface area contributed by atoms with Gasteiger partial charge in [0.05, 0.1) is 12.1 Å². The highest BCUT2D eigenvalue weighted by molar-refractivity contribution is 5.75. The predicted octanol–water partition coefficient (Wildman–Crippen LogP) is 0.963. The summed E-state index contributed by atoms with van der Waals surface area (Å²) < 4.78 is 24.4. The Kier molecular flexibility index (Phi) is 4.18. The average Bonchev–Trinajstić information content (AvgIpc) is 1.99. The van der Waals surface area contributed by atoms with Crippen molar-refractivity contribution in [3.63, 3.8) is 0 Å². The Balaban J connectivity index is 3.98. The summed E-state index contributed by atoms with van der Waals surface area (Å²) in [5, 5.41) is 4.32. The van der Waals surface area contributed by atoms with Crippen LogP contribution in [0, 0.1) is 12.3 Å². The molecule has 0 spiro atoms. The zero-order chi connectivity index (χ0) is 10.5. The van der Waals surface area contributed by atoms with Gasteiger partial charge in [-0.1, -0.05) is 5.92 Å². The molecule has 13 heavy (non-hydrogen) atoms. The Morgan fingerprint density at radius 1 is 1.62 bits per heavy atom. The van der Waals surface area contributed by atoms with Crippen LogP contribution in [0.25, 0.3) is 0 Å². The van der Waals surface area contributed by atoms with Gasteiger partial charge in [-0.05, 0) is 13.8 Å².